The van der Waals surface area contributed by atoms with Crippen molar-refractivity contribution < 1.29 is 8.42 Å². The molecule has 0 amide bonds. The fourth-order valence-corrected chi connectivity index (χ4v) is 3.96. The Morgan fingerprint density at radius 3 is 3.00 bits per heavy atom. The lowest BCUT2D eigenvalue weighted by atomic mass is 10.2. The van der Waals surface area contributed by atoms with Crippen molar-refractivity contribution in [3.05, 3.63) is 24.0 Å². The Bertz CT molecular complexity index is 603. The van der Waals surface area contributed by atoms with E-state index in [4.69, 9.17) is 5.26 Å². The first-order chi connectivity index (χ1) is 9.59. The Kier molecular flexibility index (Phi) is 4.70. The van der Waals surface area contributed by atoms with Gasteiger partial charge in [0, 0.05) is 25.3 Å². The van der Waals surface area contributed by atoms with Crippen molar-refractivity contribution in [3.63, 3.8) is 0 Å². The van der Waals surface area contributed by atoms with Gasteiger partial charge in [0.25, 0.3) is 0 Å². The predicted molar refractivity (Wildman–Crippen MR) is 74.4 cm³/mol. The van der Waals surface area contributed by atoms with Gasteiger partial charge in [-0.2, -0.15) is 9.57 Å². The van der Waals surface area contributed by atoms with E-state index >= 15 is 0 Å². The molecular weight excluding hydrogens is 276 g/mol. The van der Waals surface area contributed by atoms with Crippen LogP contribution in [0.1, 0.15) is 25.5 Å². The van der Waals surface area contributed by atoms with Gasteiger partial charge >= 0.3 is 0 Å². The molecule has 1 saturated heterocycles. The standard InChI is InChI=1S/C13H18N4O2S/c1-2-17(10-11-5-3-7-15-11)20(18,19)13-6-4-8-16-12(13)9-14/h4,6,8,11,15H,2-3,5,7,10H2,1H3. The van der Waals surface area contributed by atoms with Crippen LogP contribution >= 0.6 is 0 Å². The largest absolute Gasteiger partial charge is 0.313 e. The second kappa shape index (κ2) is 6.31. The summed E-state index contributed by atoms with van der Waals surface area (Å²) in [5.74, 6) is 0. The highest BCUT2D eigenvalue weighted by Gasteiger charge is 2.29. The summed E-state index contributed by atoms with van der Waals surface area (Å²) in [6.07, 6.45) is 3.47. The number of nitrogens with one attached hydrogen (secondary N) is 1. The van der Waals surface area contributed by atoms with E-state index in [-0.39, 0.29) is 16.6 Å². The average molecular weight is 294 g/mol. The van der Waals surface area contributed by atoms with Crippen LogP contribution in [0.3, 0.4) is 0 Å². The van der Waals surface area contributed by atoms with Crippen molar-refractivity contribution in [1.29, 1.82) is 5.26 Å². The molecule has 2 rings (SSSR count). The third-order valence-corrected chi connectivity index (χ3v) is 5.41. The molecule has 0 aliphatic carbocycles. The maximum Gasteiger partial charge on any atom is 0.246 e. The minimum absolute atomic E-state index is 0.0117. The molecule has 20 heavy (non-hydrogen) atoms. The van der Waals surface area contributed by atoms with E-state index in [9.17, 15) is 8.42 Å². The zero-order valence-corrected chi connectivity index (χ0v) is 12.2. The molecule has 7 heteroatoms. The molecule has 108 valence electrons. The molecular formula is C13H18N4O2S. The van der Waals surface area contributed by atoms with Gasteiger partial charge in [0.15, 0.2) is 5.69 Å². The van der Waals surface area contributed by atoms with E-state index in [1.54, 1.807) is 6.92 Å². The monoisotopic (exact) mass is 294 g/mol. The van der Waals surface area contributed by atoms with Gasteiger partial charge in [-0.15, -0.1) is 0 Å². The summed E-state index contributed by atoms with van der Waals surface area (Å²) in [5, 5.41) is 12.3. The van der Waals surface area contributed by atoms with Crippen molar-refractivity contribution in [2.24, 2.45) is 0 Å². The Morgan fingerprint density at radius 1 is 1.60 bits per heavy atom. The molecule has 2 heterocycles. The lowest BCUT2D eigenvalue weighted by Crippen LogP contribution is -2.41. The number of rotatable bonds is 5. The van der Waals surface area contributed by atoms with E-state index < -0.39 is 10.0 Å². The lowest BCUT2D eigenvalue weighted by Gasteiger charge is -2.24. The molecule has 1 N–H and O–H groups in total. The summed E-state index contributed by atoms with van der Waals surface area (Å²) in [5.41, 5.74) is -0.0506. The number of nitrogens with zero attached hydrogens (tertiary/aromatic N) is 3. The number of nitriles is 1. The summed E-state index contributed by atoms with van der Waals surface area (Å²) < 4.78 is 26.7. The number of likely N-dealkylation sites (N-methyl/N-ethyl adjacent to an activating group) is 1. The predicted octanol–water partition coefficient (Wildman–Crippen LogP) is 0.716. The van der Waals surface area contributed by atoms with Gasteiger partial charge in [-0.3, -0.25) is 0 Å². The van der Waals surface area contributed by atoms with Crippen molar-refractivity contribution in [3.8, 4) is 6.07 Å². The number of hydrogen-bond donors (Lipinski definition) is 1. The van der Waals surface area contributed by atoms with Crippen LogP contribution in [-0.4, -0.2) is 43.4 Å². The Morgan fingerprint density at radius 2 is 2.40 bits per heavy atom. The molecule has 0 aromatic carbocycles. The van der Waals surface area contributed by atoms with Crippen molar-refractivity contribution >= 4 is 10.0 Å². The summed E-state index contributed by atoms with van der Waals surface area (Å²) in [4.78, 5) is 3.82. The quantitative estimate of drug-likeness (QED) is 0.864. The zero-order chi connectivity index (χ0) is 14.6. The molecule has 1 fully saturated rings. The van der Waals surface area contributed by atoms with Gasteiger partial charge in [-0.05, 0) is 31.5 Å². The van der Waals surface area contributed by atoms with E-state index in [2.05, 4.69) is 10.3 Å². The summed E-state index contributed by atoms with van der Waals surface area (Å²) >= 11 is 0. The number of pyridine rings is 1. The van der Waals surface area contributed by atoms with Gasteiger partial charge in [-0.25, -0.2) is 13.4 Å². The van der Waals surface area contributed by atoms with Crippen LogP contribution in [0.25, 0.3) is 0 Å². The average Bonchev–Trinajstić information content (AvgIpc) is 2.97. The molecule has 0 saturated carbocycles. The first-order valence-electron chi connectivity index (χ1n) is 6.68. The van der Waals surface area contributed by atoms with Crippen LogP contribution in [0.4, 0.5) is 0 Å². The Hall–Kier alpha value is -1.49. The summed E-state index contributed by atoms with van der Waals surface area (Å²) in [6, 6.07) is 5.00. The van der Waals surface area contributed by atoms with Gasteiger partial charge < -0.3 is 5.32 Å². The number of sulfonamides is 1. The highest BCUT2D eigenvalue weighted by atomic mass is 32.2. The molecule has 0 spiro atoms. The maximum atomic E-state index is 12.6. The van der Waals surface area contributed by atoms with Crippen molar-refractivity contribution in [2.75, 3.05) is 19.6 Å². The SMILES string of the molecule is CCN(CC1CCCN1)S(=O)(=O)c1cccnc1C#N. The lowest BCUT2D eigenvalue weighted by molar-refractivity contribution is 0.382. The van der Waals surface area contributed by atoms with Gasteiger partial charge in [0.05, 0.1) is 0 Å². The minimum Gasteiger partial charge on any atom is -0.313 e. The number of hydrogen-bond acceptors (Lipinski definition) is 5. The zero-order valence-electron chi connectivity index (χ0n) is 11.4. The molecule has 0 bridgehead atoms. The van der Waals surface area contributed by atoms with Crippen LogP contribution < -0.4 is 5.32 Å². The second-order valence-corrected chi connectivity index (χ2v) is 6.62. The molecule has 0 radical (unpaired) electrons. The normalized spacial score (nSPS) is 19.1. The third kappa shape index (κ3) is 2.98. The van der Waals surface area contributed by atoms with Crippen LogP contribution in [0.2, 0.25) is 0 Å². The van der Waals surface area contributed by atoms with Crippen LogP contribution in [0, 0.1) is 11.3 Å². The van der Waals surface area contributed by atoms with Crippen LogP contribution in [0.5, 0.6) is 0 Å². The van der Waals surface area contributed by atoms with Crippen molar-refractivity contribution in [2.45, 2.75) is 30.7 Å². The maximum absolute atomic E-state index is 12.6. The minimum atomic E-state index is -3.67. The molecule has 1 atom stereocenters. The molecule has 1 aliphatic heterocycles. The van der Waals surface area contributed by atoms with E-state index in [0.717, 1.165) is 19.4 Å². The molecule has 1 unspecified atom stereocenters. The van der Waals surface area contributed by atoms with Crippen LogP contribution in [0.15, 0.2) is 23.2 Å². The van der Waals surface area contributed by atoms with Crippen LogP contribution in [-0.2, 0) is 10.0 Å². The third-order valence-electron chi connectivity index (χ3n) is 3.43. The molecule has 6 nitrogen and oxygen atoms in total. The van der Waals surface area contributed by atoms with E-state index in [1.807, 2.05) is 6.07 Å². The number of aromatic nitrogens is 1. The molecule has 1 aromatic rings. The van der Waals surface area contributed by atoms with E-state index in [1.165, 1.54) is 22.6 Å². The Labute approximate surface area is 119 Å². The second-order valence-electron chi connectivity index (χ2n) is 4.71. The highest BCUT2D eigenvalue weighted by molar-refractivity contribution is 7.89. The summed E-state index contributed by atoms with van der Waals surface area (Å²) in [6.45, 7) is 3.53. The summed E-state index contributed by atoms with van der Waals surface area (Å²) in [7, 11) is -3.67. The topological polar surface area (TPSA) is 86.1 Å². The fraction of sp³-hybridized carbons (Fsp3) is 0.538. The van der Waals surface area contributed by atoms with E-state index in [0.29, 0.717) is 13.1 Å². The Balaban J connectivity index is 2.29. The first-order valence-corrected chi connectivity index (χ1v) is 8.12. The van der Waals surface area contributed by atoms with Gasteiger partial charge in [0.2, 0.25) is 10.0 Å². The fourth-order valence-electron chi connectivity index (χ4n) is 2.38. The first kappa shape index (κ1) is 14.9. The smallest absolute Gasteiger partial charge is 0.246 e. The molecule has 1 aliphatic rings. The highest BCUT2D eigenvalue weighted by Crippen LogP contribution is 2.19. The van der Waals surface area contributed by atoms with Crippen molar-refractivity contribution in [1.82, 2.24) is 14.6 Å². The molecule has 1 aromatic heterocycles. The van der Waals surface area contributed by atoms with Gasteiger partial charge in [-0.1, -0.05) is 6.92 Å². The van der Waals surface area contributed by atoms with Gasteiger partial charge in [0.1, 0.15) is 11.0 Å².